The molecule has 0 amide bonds. The van der Waals surface area contributed by atoms with Crippen molar-refractivity contribution >= 4 is 16.7 Å². The van der Waals surface area contributed by atoms with Gasteiger partial charge in [-0.1, -0.05) is 54.6 Å². The minimum Gasteiger partial charge on any atom is -0.416 e. The monoisotopic (exact) mass is 468 g/mol. The SMILES string of the molecule is O=C(Oc1cc(Cc2cccc3ccccc23)n[nH]c1=O)c1cc(CCc2ccc(F)cc2)[nH]n1. The molecular formula is C27H21FN4O3. The van der Waals surface area contributed by atoms with Crippen LogP contribution in [-0.2, 0) is 19.3 Å². The van der Waals surface area contributed by atoms with E-state index in [-0.39, 0.29) is 17.3 Å². The first-order chi connectivity index (χ1) is 17.0. The number of aryl methyl sites for hydroxylation is 2. The maximum atomic E-state index is 13.0. The second-order valence-corrected chi connectivity index (χ2v) is 8.16. The highest BCUT2D eigenvalue weighted by molar-refractivity contribution is 5.89. The predicted molar refractivity (Wildman–Crippen MR) is 129 cm³/mol. The molecule has 0 aliphatic heterocycles. The molecule has 0 aliphatic rings. The molecule has 0 unspecified atom stereocenters. The Hall–Kier alpha value is -4.59. The summed E-state index contributed by atoms with van der Waals surface area (Å²) in [5.74, 6) is -1.18. The summed E-state index contributed by atoms with van der Waals surface area (Å²) in [6, 6.07) is 23.3. The highest BCUT2D eigenvalue weighted by atomic mass is 19.1. The van der Waals surface area contributed by atoms with Crippen molar-refractivity contribution in [3.8, 4) is 5.75 Å². The van der Waals surface area contributed by atoms with Crippen LogP contribution in [0.3, 0.4) is 0 Å². The second-order valence-electron chi connectivity index (χ2n) is 8.16. The van der Waals surface area contributed by atoms with Gasteiger partial charge >= 0.3 is 11.5 Å². The van der Waals surface area contributed by atoms with Gasteiger partial charge in [-0.05, 0) is 52.9 Å². The van der Waals surface area contributed by atoms with E-state index in [0.717, 1.165) is 27.6 Å². The van der Waals surface area contributed by atoms with Crippen molar-refractivity contribution in [1.82, 2.24) is 20.4 Å². The lowest BCUT2D eigenvalue weighted by Crippen LogP contribution is -2.18. The van der Waals surface area contributed by atoms with Crippen LogP contribution in [0, 0.1) is 5.82 Å². The van der Waals surface area contributed by atoms with Gasteiger partial charge < -0.3 is 4.74 Å². The van der Waals surface area contributed by atoms with Crippen molar-refractivity contribution in [2.24, 2.45) is 0 Å². The van der Waals surface area contributed by atoms with E-state index in [2.05, 4.69) is 20.4 Å². The number of benzene rings is 3. The molecular weight excluding hydrogens is 447 g/mol. The molecule has 0 fully saturated rings. The molecule has 5 aromatic rings. The van der Waals surface area contributed by atoms with E-state index in [4.69, 9.17) is 4.74 Å². The van der Waals surface area contributed by atoms with Gasteiger partial charge in [0.15, 0.2) is 11.4 Å². The fourth-order valence-corrected chi connectivity index (χ4v) is 3.91. The van der Waals surface area contributed by atoms with Crippen molar-refractivity contribution in [3.63, 3.8) is 0 Å². The van der Waals surface area contributed by atoms with Crippen molar-refractivity contribution < 1.29 is 13.9 Å². The maximum absolute atomic E-state index is 13.0. The average molecular weight is 468 g/mol. The lowest BCUT2D eigenvalue weighted by atomic mass is 10.0. The van der Waals surface area contributed by atoms with Crippen LogP contribution < -0.4 is 10.3 Å². The maximum Gasteiger partial charge on any atom is 0.364 e. The number of esters is 1. The number of carbonyl (C=O) groups excluding carboxylic acids is 1. The summed E-state index contributed by atoms with van der Waals surface area (Å²) in [4.78, 5) is 24.9. The zero-order valence-electron chi connectivity index (χ0n) is 18.6. The third kappa shape index (κ3) is 5.16. The number of nitrogens with zero attached hydrogens (tertiary/aromatic N) is 2. The van der Waals surface area contributed by atoms with Gasteiger partial charge in [0.25, 0.3) is 0 Å². The summed E-state index contributed by atoms with van der Waals surface area (Å²) in [6.07, 6.45) is 1.69. The zero-order chi connectivity index (χ0) is 24.2. The Morgan fingerprint density at radius 3 is 2.54 bits per heavy atom. The Morgan fingerprint density at radius 1 is 0.886 bits per heavy atom. The quantitative estimate of drug-likeness (QED) is 0.345. The molecule has 0 saturated heterocycles. The zero-order valence-corrected chi connectivity index (χ0v) is 18.6. The fraction of sp³-hybridized carbons (Fsp3) is 0.111. The molecule has 0 bridgehead atoms. The summed E-state index contributed by atoms with van der Waals surface area (Å²) < 4.78 is 18.4. The van der Waals surface area contributed by atoms with Gasteiger partial charge in [0, 0.05) is 18.2 Å². The standard InChI is InChI=1S/C27H21FN4O3/c28-20-11-8-17(9-12-20)10-13-21-15-24(31-29-21)27(34)35-25-16-22(30-32-26(25)33)14-19-6-3-5-18-4-1-2-7-23(18)19/h1-9,11-12,15-16H,10,13-14H2,(H,29,31)(H,32,33). The molecule has 0 radical (unpaired) electrons. The normalized spacial score (nSPS) is 11.0. The third-order valence-electron chi connectivity index (χ3n) is 5.71. The molecule has 0 spiro atoms. The number of fused-ring (bicyclic) bond motifs is 1. The molecule has 2 aromatic heterocycles. The Kier molecular flexibility index (Phi) is 6.17. The second kappa shape index (κ2) is 9.72. The van der Waals surface area contributed by atoms with Crippen molar-refractivity contribution in [2.75, 3.05) is 0 Å². The Balaban J connectivity index is 1.28. The van der Waals surface area contributed by atoms with Crippen molar-refractivity contribution in [3.05, 3.63) is 123 Å². The van der Waals surface area contributed by atoms with Gasteiger partial charge in [0.05, 0.1) is 5.69 Å². The number of ether oxygens (including phenoxy) is 1. The van der Waals surface area contributed by atoms with Gasteiger partial charge in [-0.2, -0.15) is 10.2 Å². The van der Waals surface area contributed by atoms with Gasteiger partial charge in [-0.3, -0.25) is 9.89 Å². The van der Waals surface area contributed by atoms with Crippen LogP contribution in [0.5, 0.6) is 5.75 Å². The number of aromatic nitrogens is 4. The molecule has 5 rings (SSSR count). The van der Waals surface area contributed by atoms with E-state index in [1.54, 1.807) is 18.2 Å². The molecule has 0 aliphatic carbocycles. The van der Waals surface area contributed by atoms with E-state index in [0.29, 0.717) is 25.0 Å². The third-order valence-corrected chi connectivity index (χ3v) is 5.71. The van der Waals surface area contributed by atoms with E-state index >= 15 is 0 Å². The predicted octanol–water partition coefficient (Wildman–Crippen LogP) is 4.38. The van der Waals surface area contributed by atoms with Gasteiger partial charge in [-0.25, -0.2) is 14.3 Å². The van der Waals surface area contributed by atoms with Crippen LogP contribution in [0.1, 0.15) is 33.0 Å². The molecule has 8 heteroatoms. The van der Waals surface area contributed by atoms with Crippen LogP contribution in [-0.4, -0.2) is 26.4 Å². The van der Waals surface area contributed by atoms with Crippen LogP contribution in [0.4, 0.5) is 4.39 Å². The minimum absolute atomic E-state index is 0.0610. The topological polar surface area (TPSA) is 101 Å². The number of rotatable bonds is 7. The summed E-state index contributed by atoms with van der Waals surface area (Å²) in [5.41, 5.74) is 2.75. The highest BCUT2D eigenvalue weighted by Crippen LogP contribution is 2.21. The molecule has 7 nitrogen and oxygen atoms in total. The first kappa shape index (κ1) is 22.2. The lowest BCUT2D eigenvalue weighted by Gasteiger charge is -2.07. The highest BCUT2D eigenvalue weighted by Gasteiger charge is 2.16. The van der Waals surface area contributed by atoms with E-state index in [9.17, 15) is 14.0 Å². The lowest BCUT2D eigenvalue weighted by molar-refractivity contribution is 0.0725. The number of hydrogen-bond acceptors (Lipinski definition) is 5. The van der Waals surface area contributed by atoms with E-state index < -0.39 is 11.5 Å². The smallest absolute Gasteiger partial charge is 0.364 e. The van der Waals surface area contributed by atoms with Crippen molar-refractivity contribution in [1.29, 1.82) is 0 Å². The Morgan fingerprint density at radius 2 is 1.69 bits per heavy atom. The largest absolute Gasteiger partial charge is 0.416 e. The van der Waals surface area contributed by atoms with E-state index in [1.807, 2.05) is 42.5 Å². The number of carbonyl (C=O) groups is 1. The molecule has 0 saturated carbocycles. The molecule has 3 aromatic carbocycles. The molecule has 2 heterocycles. The van der Waals surface area contributed by atoms with Gasteiger partial charge in [-0.15, -0.1) is 0 Å². The number of H-pyrrole nitrogens is 2. The molecule has 0 atom stereocenters. The number of nitrogens with one attached hydrogen (secondary N) is 2. The van der Waals surface area contributed by atoms with E-state index in [1.165, 1.54) is 18.2 Å². The number of aromatic amines is 2. The first-order valence-corrected chi connectivity index (χ1v) is 11.1. The van der Waals surface area contributed by atoms with Crippen LogP contribution in [0.15, 0.2) is 83.7 Å². The van der Waals surface area contributed by atoms with Crippen LogP contribution in [0.25, 0.3) is 10.8 Å². The fourth-order valence-electron chi connectivity index (χ4n) is 3.91. The van der Waals surface area contributed by atoms with Crippen LogP contribution in [0.2, 0.25) is 0 Å². The molecule has 174 valence electrons. The van der Waals surface area contributed by atoms with Crippen molar-refractivity contribution in [2.45, 2.75) is 19.3 Å². The van der Waals surface area contributed by atoms with Crippen LogP contribution >= 0.6 is 0 Å². The average Bonchev–Trinajstić information content (AvgIpc) is 3.35. The number of halogens is 1. The Bertz CT molecular complexity index is 1550. The van der Waals surface area contributed by atoms with Gasteiger partial charge in [0.1, 0.15) is 5.82 Å². The Labute approximate surface area is 199 Å². The summed E-state index contributed by atoms with van der Waals surface area (Å²) >= 11 is 0. The summed E-state index contributed by atoms with van der Waals surface area (Å²) in [5, 5.41) is 15.5. The molecule has 2 N–H and O–H groups in total. The number of hydrogen-bond donors (Lipinski definition) is 2. The van der Waals surface area contributed by atoms with Gasteiger partial charge in [0.2, 0.25) is 0 Å². The minimum atomic E-state index is -0.748. The summed E-state index contributed by atoms with van der Waals surface area (Å²) in [7, 11) is 0. The first-order valence-electron chi connectivity index (χ1n) is 11.1. The summed E-state index contributed by atoms with van der Waals surface area (Å²) in [6.45, 7) is 0. The molecule has 35 heavy (non-hydrogen) atoms.